The Labute approximate surface area is 118 Å². The van der Waals surface area contributed by atoms with Crippen LogP contribution in [0.3, 0.4) is 0 Å². The number of nitrogen functional groups attached to an aromatic ring is 1. The molecular weight excluding hydrogens is 252 g/mol. The standard InChI is InChI=1S/C16H18N2O2/c17-15-6-2-3-12(8-15)9-16(20)18-10-13-4-1-5-14(7-13)11-19/h1-8,19H,9-11,17H2,(H,18,20). The number of nitrogens with two attached hydrogens (primary N) is 1. The molecule has 2 aromatic rings. The number of aliphatic hydroxyl groups is 1. The van der Waals surface area contributed by atoms with E-state index in [1.54, 1.807) is 12.1 Å². The molecule has 20 heavy (non-hydrogen) atoms. The molecule has 0 bridgehead atoms. The summed E-state index contributed by atoms with van der Waals surface area (Å²) >= 11 is 0. The maximum absolute atomic E-state index is 11.9. The zero-order valence-electron chi connectivity index (χ0n) is 11.2. The molecule has 0 saturated heterocycles. The Morgan fingerprint density at radius 3 is 2.50 bits per heavy atom. The molecule has 0 aromatic heterocycles. The van der Waals surface area contributed by atoms with Crippen molar-refractivity contribution in [3.63, 3.8) is 0 Å². The Hall–Kier alpha value is -2.33. The summed E-state index contributed by atoms with van der Waals surface area (Å²) in [6, 6.07) is 14.8. The topological polar surface area (TPSA) is 75.4 Å². The largest absolute Gasteiger partial charge is 0.399 e. The van der Waals surface area contributed by atoms with Crippen molar-refractivity contribution in [1.29, 1.82) is 0 Å². The highest BCUT2D eigenvalue weighted by Crippen LogP contribution is 2.08. The first-order chi connectivity index (χ1) is 9.67. The number of hydrogen-bond acceptors (Lipinski definition) is 3. The molecule has 4 heteroatoms. The fourth-order valence-corrected chi connectivity index (χ4v) is 1.99. The number of amides is 1. The van der Waals surface area contributed by atoms with Gasteiger partial charge in [0, 0.05) is 12.2 Å². The minimum atomic E-state index is -0.0509. The Morgan fingerprint density at radius 1 is 1.05 bits per heavy atom. The molecule has 0 spiro atoms. The lowest BCUT2D eigenvalue weighted by molar-refractivity contribution is -0.120. The smallest absolute Gasteiger partial charge is 0.224 e. The van der Waals surface area contributed by atoms with Gasteiger partial charge in [-0.25, -0.2) is 0 Å². The van der Waals surface area contributed by atoms with Crippen LogP contribution in [-0.4, -0.2) is 11.0 Å². The van der Waals surface area contributed by atoms with Gasteiger partial charge in [-0.05, 0) is 28.8 Å². The molecule has 1 amide bonds. The van der Waals surface area contributed by atoms with Crippen LogP contribution >= 0.6 is 0 Å². The van der Waals surface area contributed by atoms with E-state index in [-0.39, 0.29) is 12.5 Å². The van der Waals surface area contributed by atoms with Crippen molar-refractivity contribution in [2.75, 3.05) is 5.73 Å². The molecular formula is C16H18N2O2. The zero-order valence-corrected chi connectivity index (χ0v) is 11.2. The molecule has 2 aromatic carbocycles. The average molecular weight is 270 g/mol. The number of benzene rings is 2. The third-order valence-corrected chi connectivity index (χ3v) is 2.98. The lowest BCUT2D eigenvalue weighted by Gasteiger charge is -2.07. The number of rotatable bonds is 5. The molecule has 0 fully saturated rings. The van der Waals surface area contributed by atoms with Crippen LogP contribution < -0.4 is 11.1 Å². The lowest BCUT2D eigenvalue weighted by Crippen LogP contribution is -2.24. The average Bonchev–Trinajstić information content (AvgIpc) is 2.45. The van der Waals surface area contributed by atoms with Gasteiger partial charge in [-0.3, -0.25) is 4.79 Å². The monoisotopic (exact) mass is 270 g/mol. The van der Waals surface area contributed by atoms with Crippen LogP contribution in [0, 0.1) is 0 Å². The second-order valence-electron chi connectivity index (χ2n) is 4.68. The van der Waals surface area contributed by atoms with E-state index >= 15 is 0 Å². The lowest BCUT2D eigenvalue weighted by atomic mass is 10.1. The van der Waals surface area contributed by atoms with Gasteiger partial charge in [-0.2, -0.15) is 0 Å². The first kappa shape index (κ1) is 14.1. The Balaban J connectivity index is 1.88. The summed E-state index contributed by atoms with van der Waals surface area (Å²) in [7, 11) is 0. The quantitative estimate of drug-likeness (QED) is 0.723. The molecule has 0 atom stereocenters. The molecule has 4 N–H and O–H groups in total. The van der Waals surface area contributed by atoms with Crippen molar-refractivity contribution in [2.24, 2.45) is 0 Å². The first-order valence-corrected chi connectivity index (χ1v) is 6.47. The van der Waals surface area contributed by atoms with Gasteiger partial charge in [0.05, 0.1) is 13.0 Å². The Bertz CT molecular complexity index is 597. The summed E-state index contributed by atoms with van der Waals surface area (Å²) in [6.07, 6.45) is 0.310. The minimum Gasteiger partial charge on any atom is -0.399 e. The highest BCUT2D eigenvalue weighted by atomic mass is 16.3. The number of hydrogen-bond donors (Lipinski definition) is 3. The fourth-order valence-electron chi connectivity index (χ4n) is 1.99. The van der Waals surface area contributed by atoms with Gasteiger partial charge in [-0.15, -0.1) is 0 Å². The molecule has 2 rings (SSSR count). The second kappa shape index (κ2) is 6.73. The van der Waals surface area contributed by atoms with Crippen LogP contribution in [0.2, 0.25) is 0 Å². The van der Waals surface area contributed by atoms with Gasteiger partial charge in [0.15, 0.2) is 0 Å². The van der Waals surface area contributed by atoms with E-state index in [2.05, 4.69) is 5.32 Å². The molecule has 0 aliphatic carbocycles. The Morgan fingerprint density at radius 2 is 1.75 bits per heavy atom. The van der Waals surface area contributed by atoms with Gasteiger partial charge in [0.25, 0.3) is 0 Å². The van der Waals surface area contributed by atoms with E-state index in [0.29, 0.717) is 18.7 Å². The fraction of sp³-hybridized carbons (Fsp3) is 0.188. The summed E-state index contributed by atoms with van der Waals surface area (Å²) in [4.78, 5) is 11.9. The van der Waals surface area contributed by atoms with Crippen LogP contribution in [0.4, 0.5) is 5.69 Å². The van der Waals surface area contributed by atoms with Crippen LogP contribution in [0.25, 0.3) is 0 Å². The number of aliphatic hydroxyl groups excluding tert-OH is 1. The van der Waals surface area contributed by atoms with Crippen molar-refractivity contribution >= 4 is 11.6 Å². The molecule has 0 heterocycles. The predicted octanol–water partition coefficient (Wildman–Crippen LogP) is 1.62. The molecule has 0 saturated carbocycles. The third kappa shape index (κ3) is 4.10. The summed E-state index contributed by atoms with van der Waals surface area (Å²) < 4.78 is 0. The van der Waals surface area contributed by atoms with Crippen molar-refractivity contribution in [1.82, 2.24) is 5.32 Å². The summed E-state index contributed by atoms with van der Waals surface area (Å²) in [5.41, 5.74) is 9.04. The maximum atomic E-state index is 11.9. The molecule has 104 valence electrons. The SMILES string of the molecule is Nc1cccc(CC(=O)NCc2cccc(CO)c2)c1. The first-order valence-electron chi connectivity index (χ1n) is 6.47. The number of carbonyl (C=O) groups is 1. The van der Waals surface area contributed by atoms with Crippen molar-refractivity contribution in [2.45, 2.75) is 19.6 Å². The molecule has 0 unspecified atom stereocenters. The van der Waals surface area contributed by atoms with E-state index in [1.165, 1.54) is 0 Å². The van der Waals surface area contributed by atoms with E-state index in [9.17, 15) is 4.79 Å². The van der Waals surface area contributed by atoms with Crippen LogP contribution in [-0.2, 0) is 24.4 Å². The van der Waals surface area contributed by atoms with Crippen molar-refractivity contribution in [3.8, 4) is 0 Å². The van der Waals surface area contributed by atoms with Gasteiger partial charge in [0.1, 0.15) is 0 Å². The molecule has 4 nitrogen and oxygen atoms in total. The normalized spacial score (nSPS) is 10.2. The molecule has 0 aliphatic rings. The van der Waals surface area contributed by atoms with Crippen molar-refractivity contribution in [3.05, 3.63) is 65.2 Å². The summed E-state index contributed by atoms with van der Waals surface area (Å²) in [5, 5.41) is 11.9. The van der Waals surface area contributed by atoms with E-state index in [4.69, 9.17) is 10.8 Å². The number of carbonyl (C=O) groups excluding carboxylic acids is 1. The molecule has 0 radical (unpaired) electrons. The third-order valence-electron chi connectivity index (χ3n) is 2.98. The van der Waals surface area contributed by atoms with Crippen LogP contribution in [0.5, 0.6) is 0 Å². The molecule has 0 aliphatic heterocycles. The second-order valence-corrected chi connectivity index (χ2v) is 4.68. The highest BCUT2D eigenvalue weighted by Gasteiger charge is 2.04. The zero-order chi connectivity index (χ0) is 14.4. The Kier molecular flexibility index (Phi) is 4.74. The highest BCUT2D eigenvalue weighted by molar-refractivity contribution is 5.78. The van der Waals surface area contributed by atoms with Crippen LogP contribution in [0.15, 0.2) is 48.5 Å². The van der Waals surface area contributed by atoms with E-state index in [0.717, 1.165) is 16.7 Å². The summed E-state index contributed by atoms with van der Waals surface area (Å²) in [5.74, 6) is -0.0509. The van der Waals surface area contributed by atoms with E-state index < -0.39 is 0 Å². The number of anilines is 1. The predicted molar refractivity (Wildman–Crippen MR) is 78.8 cm³/mol. The van der Waals surface area contributed by atoms with Gasteiger partial charge < -0.3 is 16.2 Å². The van der Waals surface area contributed by atoms with Gasteiger partial charge in [-0.1, -0.05) is 36.4 Å². The van der Waals surface area contributed by atoms with Crippen molar-refractivity contribution < 1.29 is 9.90 Å². The maximum Gasteiger partial charge on any atom is 0.224 e. The van der Waals surface area contributed by atoms with Gasteiger partial charge in [0.2, 0.25) is 5.91 Å². The minimum absolute atomic E-state index is 0.00504. The number of nitrogens with one attached hydrogen (secondary N) is 1. The summed E-state index contributed by atoms with van der Waals surface area (Å²) in [6.45, 7) is 0.458. The van der Waals surface area contributed by atoms with Crippen LogP contribution in [0.1, 0.15) is 16.7 Å². The van der Waals surface area contributed by atoms with Gasteiger partial charge >= 0.3 is 0 Å². The van der Waals surface area contributed by atoms with E-state index in [1.807, 2.05) is 36.4 Å².